The third-order valence-electron chi connectivity index (χ3n) is 5.32. The highest BCUT2D eigenvalue weighted by Crippen LogP contribution is 2.39. The number of sulfonamides is 1. The van der Waals surface area contributed by atoms with Gasteiger partial charge in [0.05, 0.1) is 22.5 Å². The fraction of sp³-hybridized carbons (Fsp3) is 0.125. The Labute approximate surface area is 189 Å². The highest BCUT2D eigenvalue weighted by atomic mass is 32.2. The monoisotopic (exact) mass is 471 g/mol. The number of alkyl halides is 3. The third kappa shape index (κ3) is 4.69. The van der Waals surface area contributed by atoms with Crippen molar-refractivity contribution >= 4 is 10.0 Å². The molecule has 4 aromatic rings. The predicted molar refractivity (Wildman–Crippen MR) is 120 cm³/mol. The standard InChI is InChI=1S/C24H20F3N3O2S/c1-2-16-12-19(9-11-23(16)33(28,31)32)30-14-22(29-15-30)18-8-10-20(17-6-4-3-5-7-17)21(13-18)24(25,26)27/h3-15H,2H2,1H3,(H2,28,31,32). The molecule has 5 nitrogen and oxygen atoms in total. The van der Waals surface area contributed by atoms with Crippen LogP contribution in [-0.2, 0) is 22.6 Å². The van der Waals surface area contributed by atoms with Crippen molar-refractivity contribution in [1.29, 1.82) is 0 Å². The van der Waals surface area contributed by atoms with Gasteiger partial charge in [0.25, 0.3) is 0 Å². The van der Waals surface area contributed by atoms with Crippen LogP contribution >= 0.6 is 0 Å². The van der Waals surface area contributed by atoms with Crippen molar-refractivity contribution in [3.63, 3.8) is 0 Å². The Morgan fingerprint density at radius 1 is 0.970 bits per heavy atom. The maximum Gasteiger partial charge on any atom is 0.417 e. The maximum atomic E-state index is 13.8. The first kappa shape index (κ1) is 22.8. The van der Waals surface area contributed by atoms with Crippen LogP contribution in [0.15, 0.2) is 84.1 Å². The molecule has 2 N–H and O–H groups in total. The molecule has 0 unspecified atom stereocenters. The number of imidazole rings is 1. The lowest BCUT2D eigenvalue weighted by molar-refractivity contribution is -0.137. The molecule has 0 saturated heterocycles. The van der Waals surface area contributed by atoms with Crippen LogP contribution in [0, 0.1) is 0 Å². The number of primary sulfonamides is 1. The van der Waals surface area contributed by atoms with Gasteiger partial charge in [0.1, 0.15) is 0 Å². The Morgan fingerprint density at radius 2 is 1.70 bits per heavy atom. The van der Waals surface area contributed by atoms with Crippen LogP contribution in [-0.4, -0.2) is 18.0 Å². The molecule has 0 aliphatic carbocycles. The van der Waals surface area contributed by atoms with E-state index in [0.717, 1.165) is 6.07 Å². The van der Waals surface area contributed by atoms with E-state index in [9.17, 15) is 21.6 Å². The van der Waals surface area contributed by atoms with Gasteiger partial charge in [0, 0.05) is 17.4 Å². The first-order chi connectivity index (χ1) is 15.6. The molecule has 0 saturated carbocycles. The zero-order chi connectivity index (χ0) is 23.8. The van der Waals surface area contributed by atoms with E-state index in [2.05, 4.69) is 4.98 Å². The van der Waals surface area contributed by atoms with Gasteiger partial charge < -0.3 is 4.57 Å². The summed E-state index contributed by atoms with van der Waals surface area (Å²) in [7, 11) is -3.86. The molecular formula is C24H20F3N3O2S. The van der Waals surface area contributed by atoms with E-state index >= 15 is 0 Å². The van der Waals surface area contributed by atoms with Crippen molar-refractivity contribution in [1.82, 2.24) is 9.55 Å². The Morgan fingerprint density at radius 3 is 2.33 bits per heavy atom. The van der Waals surface area contributed by atoms with Gasteiger partial charge in [0.15, 0.2) is 0 Å². The molecule has 3 aromatic carbocycles. The molecular weight excluding hydrogens is 451 g/mol. The summed E-state index contributed by atoms with van der Waals surface area (Å²) >= 11 is 0. The summed E-state index contributed by atoms with van der Waals surface area (Å²) in [6.07, 6.45) is -1.03. The normalized spacial score (nSPS) is 12.2. The lowest BCUT2D eigenvalue weighted by Crippen LogP contribution is -2.14. The number of hydrogen-bond acceptors (Lipinski definition) is 3. The molecule has 0 aliphatic rings. The van der Waals surface area contributed by atoms with Gasteiger partial charge in [-0.1, -0.05) is 49.4 Å². The van der Waals surface area contributed by atoms with Gasteiger partial charge in [-0.15, -0.1) is 0 Å². The van der Waals surface area contributed by atoms with Crippen LogP contribution < -0.4 is 5.14 Å². The zero-order valence-electron chi connectivity index (χ0n) is 17.5. The van der Waals surface area contributed by atoms with Crippen molar-refractivity contribution in [3.8, 4) is 28.1 Å². The summed E-state index contributed by atoms with van der Waals surface area (Å²) < 4.78 is 66.6. The van der Waals surface area contributed by atoms with Gasteiger partial charge in [-0.3, -0.25) is 0 Å². The number of nitrogens with zero attached hydrogens (tertiary/aromatic N) is 2. The van der Waals surface area contributed by atoms with Crippen molar-refractivity contribution in [2.45, 2.75) is 24.4 Å². The number of rotatable bonds is 5. The quantitative estimate of drug-likeness (QED) is 0.421. The zero-order valence-corrected chi connectivity index (χ0v) is 18.4. The van der Waals surface area contributed by atoms with Crippen LogP contribution in [0.4, 0.5) is 13.2 Å². The largest absolute Gasteiger partial charge is 0.417 e. The Hall–Kier alpha value is -3.43. The number of aryl methyl sites for hydroxylation is 1. The Bertz CT molecular complexity index is 1410. The van der Waals surface area contributed by atoms with Crippen molar-refractivity contribution in [2.24, 2.45) is 5.14 Å². The molecule has 1 heterocycles. The Balaban J connectivity index is 1.75. The molecule has 0 spiro atoms. The van der Waals surface area contributed by atoms with Crippen molar-refractivity contribution in [3.05, 3.63) is 90.4 Å². The molecule has 0 bridgehead atoms. The van der Waals surface area contributed by atoms with Gasteiger partial charge in [0.2, 0.25) is 10.0 Å². The second-order valence-corrected chi connectivity index (χ2v) is 9.01. The van der Waals surface area contributed by atoms with Crippen LogP contribution in [0.25, 0.3) is 28.1 Å². The van der Waals surface area contributed by atoms with E-state index in [1.54, 1.807) is 66.2 Å². The molecule has 0 fully saturated rings. The molecule has 0 atom stereocenters. The van der Waals surface area contributed by atoms with E-state index in [0.29, 0.717) is 34.5 Å². The fourth-order valence-corrected chi connectivity index (χ4v) is 4.53. The molecule has 33 heavy (non-hydrogen) atoms. The number of hydrogen-bond donors (Lipinski definition) is 1. The van der Waals surface area contributed by atoms with Crippen LogP contribution in [0.1, 0.15) is 18.1 Å². The topological polar surface area (TPSA) is 78.0 Å². The summed E-state index contributed by atoms with van der Waals surface area (Å²) in [4.78, 5) is 4.31. The van der Waals surface area contributed by atoms with Crippen molar-refractivity contribution < 1.29 is 21.6 Å². The first-order valence-electron chi connectivity index (χ1n) is 10.0. The molecule has 1 aromatic heterocycles. The molecule has 0 amide bonds. The molecule has 4 rings (SSSR count). The van der Waals surface area contributed by atoms with Gasteiger partial charge in [-0.25, -0.2) is 18.5 Å². The maximum absolute atomic E-state index is 13.8. The number of aromatic nitrogens is 2. The summed E-state index contributed by atoms with van der Waals surface area (Å²) in [5, 5.41) is 5.27. The van der Waals surface area contributed by atoms with Gasteiger partial charge in [-0.2, -0.15) is 13.2 Å². The fourth-order valence-electron chi connectivity index (χ4n) is 3.70. The molecule has 0 aliphatic heterocycles. The predicted octanol–water partition coefficient (Wildman–Crippen LogP) is 5.43. The highest BCUT2D eigenvalue weighted by molar-refractivity contribution is 7.89. The average molecular weight is 472 g/mol. The van der Waals surface area contributed by atoms with E-state index in [1.807, 2.05) is 0 Å². The smallest absolute Gasteiger partial charge is 0.306 e. The second-order valence-electron chi connectivity index (χ2n) is 7.48. The highest BCUT2D eigenvalue weighted by Gasteiger charge is 2.34. The minimum Gasteiger partial charge on any atom is -0.306 e. The SMILES string of the molecule is CCc1cc(-n2cnc(-c3ccc(-c4ccccc4)c(C(F)(F)F)c3)c2)ccc1S(N)(=O)=O. The number of halogens is 3. The van der Waals surface area contributed by atoms with E-state index < -0.39 is 21.8 Å². The van der Waals surface area contributed by atoms with Crippen LogP contribution in [0.2, 0.25) is 0 Å². The molecule has 0 radical (unpaired) electrons. The number of benzene rings is 3. The van der Waals surface area contributed by atoms with E-state index in [-0.39, 0.29) is 10.5 Å². The summed E-state index contributed by atoms with van der Waals surface area (Å²) in [6, 6.07) is 17.2. The van der Waals surface area contributed by atoms with Crippen LogP contribution in [0.5, 0.6) is 0 Å². The van der Waals surface area contributed by atoms with Gasteiger partial charge in [-0.05, 0) is 47.4 Å². The summed E-state index contributed by atoms with van der Waals surface area (Å²) in [5.74, 6) is 0. The molecule has 9 heteroatoms. The third-order valence-corrected chi connectivity index (χ3v) is 6.33. The lowest BCUT2D eigenvalue weighted by Gasteiger charge is -2.14. The first-order valence-corrected chi connectivity index (χ1v) is 11.6. The average Bonchev–Trinajstić information content (AvgIpc) is 3.28. The Kier molecular flexibility index (Phi) is 5.85. The van der Waals surface area contributed by atoms with E-state index in [1.165, 1.54) is 18.5 Å². The van der Waals surface area contributed by atoms with Gasteiger partial charge >= 0.3 is 6.18 Å². The second kappa shape index (κ2) is 8.49. The molecule has 170 valence electrons. The summed E-state index contributed by atoms with van der Waals surface area (Å²) in [5.41, 5.74) is 1.66. The van der Waals surface area contributed by atoms with Crippen molar-refractivity contribution in [2.75, 3.05) is 0 Å². The minimum atomic E-state index is -4.54. The lowest BCUT2D eigenvalue weighted by atomic mass is 9.96. The van der Waals surface area contributed by atoms with E-state index in [4.69, 9.17) is 5.14 Å². The summed E-state index contributed by atoms with van der Waals surface area (Å²) in [6.45, 7) is 1.81. The number of nitrogens with two attached hydrogens (primary N) is 1. The van der Waals surface area contributed by atoms with Crippen LogP contribution in [0.3, 0.4) is 0 Å². The minimum absolute atomic E-state index is 0.0420.